The molecule has 0 saturated heterocycles. The number of hydrazine groups is 1. The lowest BCUT2D eigenvalue weighted by Crippen LogP contribution is -2.49. The molecule has 0 aliphatic carbocycles. The summed E-state index contributed by atoms with van der Waals surface area (Å²) in [6.45, 7) is 6.45. The summed E-state index contributed by atoms with van der Waals surface area (Å²) in [5.74, 6) is -1.40. The first-order chi connectivity index (χ1) is 17.1. The lowest BCUT2D eigenvalue weighted by atomic mass is 10.0. The number of amides is 1. The number of carbonyl (C=O) groups is 1. The van der Waals surface area contributed by atoms with Crippen molar-refractivity contribution in [1.82, 2.24) is 20.1 Å². The van der Waals surface area contributed by atoms with Gasteiger partial charge in [-0.05, 0) is 55.7 Å². The van der Waals surface area contributed by atoms with Crippen LogP contribution in [0.15, 0.2) is 71.0 Å². The number of halogens is 2. The van der Waals surface area contributed by atoms with E-state index in [-0.39, 0.29) is 16.4 Å². The highest BCUT2D eigenvalue weighted by molar-refractivity contribution is 7.89. The smallest absolute Gasteiger partial charge is 0.273 e. The summed E-state index contributed by atoms with van der Waals surface area (Å²) in [6.07, 6.45) is 4.44. The van der Waals surface area contributed by atoms with Gasteiger partial charge in [0.2, 0.25) is 10.0 Å². The van der Waals surface area contributed by atoms with Crippen LogP contribution in [-0.2, 0) is 14.8 Å². The molecule has 190 valence electrons. The summed E-state index contributed by atoms with van der Waals surface area (Å²) in [7, 11) is -3.63. The third-order valence-electron chi connectivity index (χ3n) is 5.93. The van der Waals surface area contributed by atoms with Crippen LogP contribution in [0.3, 0.4) is 0 Å². The van der Waals surface area contributed by atoms with Crippen molar-refractivity contribution < 1.29 is 22.0 Å². The number of hydrogen-bond acceptors (Lipinski definition) is 5. The van der Waals surface area contributed by atoms with Crippen LogP contribution in [0.1, 0.15) is 44.7 Å². The Hall–Kier alpha value is -3.50. The van der Waals surface area contributed by atoms with E-state index in [1.807, 2.05) is 13.8 Å². The third kappa shape index (κ3) is 4.91. The molecular formula is C26H28F2N4O3S. The number of nitrogens with one attached hydrogen (secondary N) is 2. The van der Waals surface area contributed by atoms with E-state index in [0.29, 0.717) is 54.3 Å². The zero-order valence-electron chi connectivity index (χ0n) is 20.3. The molecule has 1 amide bonds. The van der Waals surface area contributed by atoms with Gasteiger partial charge in [-0.15, -0.1) is 0 Å². The molecule has 0 aromatic heterocycles. The summed E-state index contributed by atoms with van der Waals surface area (Å²) < 4.78 is 55.4. The van der Waals surface area contributed by atoms with Crippen molar-refractivity contribution in [2.45, 2.75) is 38.5 Å². The average molecular weight is 515 g/mol. The number of carbonyl (C=O) groups excluding carboxylic acids is 1. The standard InChI is InChI=1S/C26H28F2N4O3S/c1-4-12-31(13-5-2)36(34,35)20-9-6-18(7-10-20)24-16-26(33)32-25(29-24)15-22(17(3)30-32)21-11-8-19(27)14-23(21)28/h6-11,14-16,29-30H,4-5,12-13H2,1-3H3. The lowest BCUT2D eigenvalue weighted by Gasteiger charge is -2.35. The molecule has 7 nitrogen and oxygen atoms in total. The van der Waals surface area contributed by atoms with E-state index < -0.39 is 21.7 Å². The van der Waals surface area contributed by atoms with Crippen LogP contribution in [0.2, 0.25) is 0 Å². The molecule has 0 radical (unpaired) electrons. The van der Waals surface area contributed by atoms with Gasteiger partial charge in [0.15, 0.2) is 0 Å². The Balaban J connectivity index is 1.62. The maximum absolute atomic E-state index is 14.4. The monoisotopic (exact) mass is 514 g/mol. The molecule has 2 aliphatic rings. The fraction of sp³-hybridized carbons (Fsp3) is 0.269. The maximum Gasteiger partial charge on any atom is 0.273 e. The third-order valence-corrected chi connectivity index (χ3v) is 7.84. The molecule has 0 unspecified atom stereocenters. The Kier molecular flexibility index (Phi) is 7.28. The number of sulfonamides is 1. The highest BCUT2D eigenvalue weighted by Gasteiger charge is 2.29. The molecule has 0 spiro atoms. The van der Waals surface area contributed by atoms with E-state index >= 15 is 0 Å². The molecule has 0 fully saturated rings. The molecule has 0 saturated carbocycles. The predicted octanol–water partition coefficient (Wildman–Crippen LogP) is 4.34. The van der Waals surface area contributed by atoms with Crippen molar-refractivity contribution in [1.29, 1.82) is 0 Å². The number of rotatable bonds is 8. The second kappa shape index (κ2) is 10.2. The maximum atomic E-state index is 14.4. The summed E-state index contributed by atoms with van der Waals surface area (Å²) in [5, 5.41) is 4.44. The Morgan fingerprint density at radius 3 is 2.25 bits per heavy atom. The highest BCUT2D eigenvalue weighted by atomic mass is 32.2. The first-order valence-electron chi connectivity index (χ1n) is 11.7. The highest BCUT2D eigenvalue weighted by Crippen LogP contribution is 2.30. The van der Waals surface area contributed by atoms with Gasteiger partial charge < -0.3 is 5.32 Å². The van der Waals surface area contributed by atoms with Crippen LogP contribution >= 0.6 is 0 Å². The number of fused-ring (bicyclic) bond motifs is 1. The van der Waals surface area contributed by atoms with Crippen molar-refractivity contribution in [3.8, 4) is 0 Å². The topological polar surface area (TPSA) is 81.8 Å². The number of allylic oxidation sites excluding steroid dienone is 3. The quantitative estimate of drug-likeness (QED) is 0.548. The van der Waals surface area contributed by atoms with Crippen molar-refractivity contribution >= 4 is 27.2 Å². The second-order valence-corrected chi connectivity index (χ2v) is 10.5. The molecule has 0 atom stereocenters. The molecule has 2 heterocycles. The molecule has 2 aromatic carbocycles. The molecule has 2 aliphatic heterocycles. The Bertz CT molecular complexity index is 1380. The van der Waals surface area contributed by atoms with Gasteiger partial charge in [-0.2, -0.15) is 4.31 Å². The Morgan fingerprint density at radius 2 is 1.64 bits per heavy atom. The minimum Gasteiger partial charge on any atom is -0.339 e. The molecule has 10 heteroatoms. The minimum atomic E-state index is -3.63. The summed E-state index contributed by atoms with van der Waals surface area (Å²) in [5.41, 5.74) is 5.20. The van der Waals surface area contributed by atoms with Crippen molar-refractivity contribution in [2.24, 2.45) is 0 Å². The number of nitrogens with zero attached hydrogens (tertiary/aromatic N) is 2. The molecule has 2 aromatic rings. The van der Waals surface area contributed by atoms with Crippen LogP contribution in [0.4, 0.5) is 8.78 Å². The zero-order chi connectivity index (χ0) is 26.0. The SMILES string of the molecule is CCCN(CCC)S(=O)(=O)c1ccc(C2=CC(=O)N3NC(C)=C(c4ccc(F)cc4F)C=C3N2)cc1. The first kappa shape index (κ1) is 25.6. The van der Waals surface area contributed by atoms with E-state index in [1.54, 1.807) is 25.1 Å². The van der Waals surface area contributed by atoms with Gasteiger partial charge >= 0.3 is 0 Å². The van der Waals surface area contributed by atoms with Crippen LogP contribution < -0.4 is 10.7 Å². The number of hydrogen-bond donors (Lipinski definition) is 2. The fourth-order valence-electron chi connectivity index (χ4n) is 4.18. The summed E-state index contributed by atoms with van der Waals surface area (Å²) in [4.78, 5) is 13.0. The van der Waals surface area contributed by atoms with E-state index in [2.05, 4.69) is 10.7 Å². The van der Waals surface area contributed by atoms with E-state index in [4.69, 9.17) is 0 Å². The predicted molar refractivity (Wildman–Crippen MR) is 134 cm³/mol. The molecule has 36 heavy (non-hydrogen) atoms. The van der Waals surface area contributed by atoms with Crippen LogP contribution in [0, 0.1) is 11.6 Å². The largest absolute Gasteiger partial charge is 0.339 e. The van der Waals surface area contributed by atoms with Crippen molar-refractivity contribution in [3.63, 3.8) is 0 Å². The van der Waals surface area contributed by atoms with E-state index in [9.17, 15) is 22.0 Å². The van der Waals surface area contributed by atoms with Gasteiger partial charge in [0.05, 0.1) is 10.6 Å². The lowest BCUT2D eigenvalue weighted by molar-refractivity contribution is -0.126. The molecular weight excluding hydrogens is 486 g/mol. The summed E-state index contributed by atoms with van der Waals surface area (Å²) in [6, 6.07) is 9.67. The van der Waals surface area contributed by atoms with Crippen LogP contribution in [-0.4, -0.2) is 36.7 Å². The van der Waals surface area contributed by atoms with Gasteiger partial charge in [-0.1, -0.05) is 26.0 Å². The van der Waals surface area contributed by atoms with Crippen molar-refractivity contribution in [3.05, 3.63) is 88.9 Å². The Morgan fingerprint density at radius 1 is 0.972 bits per heavy atom. The van der Waals surface area contributed by atoms with Crippen molar-refractivity contribution in [2.75, 3.05) is 13.1 Å². The van der Waals surface area contributed by atoms with Crippen LogP contribution in [0.5, 0.6) is 0 Å². The fourth-order valence-corrected chi connectivity index (χ4v) is 5.80. The van der Waals surface area contributed by atoms with Gasteiger partial charge in [0.25, 0.3) is 5.91 Å². The summed E-state index contributed by atoms with van der Waals surface area (Å²) >= 11 is 0. The molecule has 0 bridgehead atoms. The first-order valence-corrected chi connectivity index (χ1v) is 13.2. The van der Waals surface area contributed by atoms with Gasteiger partial charge in [0.1, 0.15) is 17.5 Å². The van der Waals surface area contributed by atoms with Gasteiger partial charge in [-0.25, -0.2) is 22.2 Å². The van der Waals surface area contributed by atoms with E-state index in [1.165, 1.54) is 39.7 Å². The normalized spacial score (nSPS) is 15.8. The molecule has 4 rings (SSSR count). The van der Waals surface area contributed by atoms with Gasteiger partial charge in [0, 0.05) is 42.1 Å². The minimum absolute atomic E-state index is 0.184. The Labute approximate surface area is 209 Å². The van der Waals surface area contributed by atoms with Crippen LogP contribution in [0.25, 0.3) is 11.3 Å². The zero-order valence-corrected chi connectivity index (χ0v) is 21.1. The van der Waals surface area contributed by atoms with E-state index in [0.717, 1.165) is 6.07 Å². The average Bonchev–Trinajstić information content (AvgIpc) is 2.84. The van der Waals surface area contributed by atoms with Gasteiger partial charge in [-0.3, -0.25) is 10.2 Å². The second-order valence-electron chi connectivity index (χ2n) is 8.59. The molecule has 2 N–H and O–H groups in total. The number of benzene rings is 2.